The van der Waals surface area contributed by atoms with Gasteiger partial charge in [-0.15, -0.1) is 0 Å². The van der Waals surface area contributed by atoms with Crippen LogP contribution >= 0.6 is 0 Å². The third-order valence-electron chi connectivity index (χ3n) is 4.62. The van der Waals surface area contributed by atoms with Gasteiger partial charge in [0, 0.05) is 0 Å². The SMILES string of the molecule is N#CCCOCC(OCCC#N)C(COC(CC#N)C1=CCCCC1)OCCC#N. The zero-order valence-electron chi connectivity index (χ0n) is 17.4. The Labute approximate surface area is 179 Å². The number of nitriles is 4. The van der Waals surface area contributed by atoms with E-state index in [1.54, 1.807) is 0 Å². The summed E-state index contributed by atoms with van der Waals surface area (Å²) in [4.78, 5) is 0. The molecule has 0 aromatic heterocycles. The quantitative estimate of drug-likeness (QED) is 0.277. The molecule has 3 unspecified atom stereocenters. The van der Waals surface area contributed by atoms with Gasteiger partial charge in [0.2, 0.25) is 0 Å². The van der Waals surface area contributed by atoms with Crippen molar-refractivity contribution in [3.63, 3.8) is 0 Å². The molecule has 0 amide bonds. The topological polar surface area (TPSA) is 132 Å². The summed E-state index contributed by atoms with van der Waals surface area (Å²) in [6, 6.07) is 8.28. The maximum absolute atomic E-state index is 9.20. The van der Waals surface area contributed by atoms with Gasteiger partial charge in [0.15, 0.2) is 0 Å². The molecular formula is C22H30N4O4. The van der Waals surface area contributed by atoms with E-state index < -0.39 is 12.2 Å². The van der Waals surface area contributed by atoms with E-state index in [9.17, 15) is 5.26 Å². The third-order valence-corrected chi connectivity index (χ3v) is 4.62. The van der Waals surface area contributed by atoms with E-state index in [-0.39, 0.29) is 64.8 Å². The zero-order valence-corrected chi connectivity index (χ0v) is 17.4. The summed E-state index contributed by atoms with van der Waals surface area (Å²) in [5.41, 5.74) is 1.14. The van der Waals surface area contributed by atoms with Gasteiger partial charge < -0.3 is 18.9 Å². The van der Waals surface area contributed by atoms with Crippen LogP contribution in [0.1, 0.15) is 51.4 Å². The fourth-order valence-electron chi connectivity index (χ4n) is 3.10. The van der Waals surface area contributed by atoms with Gasteiger partial charge in [0.25, 0.3) is 0 Å². The van der Waals surface area contributed by atoms with Crippen molar-refractivity contribution >= 4 is 0 Å². The van der Waals surface area contributed by atoms with Crippen molar-refractivity contribution in [2.45, 2.75) is 69.7 Å². The Morgan fingerprint density at radius 2 is 1.40 bits per heavy atom. The molecule has 0 saturated carbocycles. The second-order valence-corrected chi connectivity index (χ2v) is 6.83. The maximum atomic E-state index is 9.20. The van der Waals surface area contributed by atoms with Crippen LogP contribution in [0, 0.1) is 45.3 Å². The van der Waals surface area contributed by atoms with E-state index in [2.05, 4.69) is 12.1 Å². The van der Waals surface area contributed by atoms with Gasteiger partial charge in [-0.1, -0.05) is 6.08 Å². The summed E-state index contributed by atoms with van der Waals surface area (Å²) in [5.74, 6) is 0. The lowest BCUT2D eigenvalue weighted by molar-refractivity contribution is -0.130. The summed E-state index contributed by atoms with van der Waals surface area (Å²) < 4.78 is 23.2. The monoisotopic (exact) mass is 414 g/mol. The van der Waals surface area contributed by atoms with Gasteiger partial charge in [0.05, 0.1) is 89.1 Å². The average molecular weight is 415 g/mol. The number of ether oxygens (including phenoxy) is 4. The van der Waals surface area contributed by atoms with Crippen molar-refractivity contribution < 1.29 is 18.9 Å². The van der Waals surface area contributed by atoms with E-state index in [1.807, 2.05) is 18.2 Å². The van der Waals surface area contributed by atoms with Crippen LogP contribution < -0.4 is 0 Å². The van der Waals surface area contributed by atoms with Crippen molar-refractivity contribution in [2.75, 3.05) is 33.0 Å². The van der Waals surface area contributed by atoms with Crippen LogP contribution in [0.25, 0.3) is 0 Å². The minimum atomic E-state index is -0.524. The third kappa shape index (κ3) is 10.9. The highest BCUT2D eigenvalue weighted by Crippen LogP contribution is 2.24. The molecule has 1 rings (SSSR count). The fourth-order valence-corrected chi connectivity index (χ4v) is 3.10. The highest BCUT2D eigenvalue weighted by molar-refractivity contribution is 5.13. The average Bonchev–Trinajstić information content (AvgIpc) is 2.77. The Morgan fingerprint density at radius 1 is 0.767 bits per heavy atom. The zero-order chi connectivity index (χ0) is 21.9. The molecular weight excluding hydrogens is 384 g/mol. The second kappa shape index (κ2) is 17.4. The molecule has 0 aromatic rings. The Morgan fingerprint density at radius 3 is 1.97 bits per heavy atom. The van der Waals surface area contributed by atoms with E-state index in [1.165, 1.54) is 0 Å². The molecule has 0 fully saturated rings. The van der Waals surface area contributed by atoms with Gasteiger partial charge in [0.1, 0.15) is 12.2 Å². The largest absolute Gasteiger partial charge is 0.378 e. The lowest BCUT2D eigenvalue weighted by atomic mass is 9.94. The number of hydrogen-bond acceptors (Lipinski definition) is 8. The van der Waals surface area contributed by atoms with E-state index >= 15 is 0 Å². The van der Waals surface area contributed by atoms with Crippen molar-refractivity contribution in [1.82, 2.24) is 0 Å². The molecule has 0 bridgehead atoms. The van der Waals surface area contributed by atoms with E-state index in [0.717, 1.165) is 31.3 Å². The van der Waals surface area contributed by atoms with Crippen LogP contribution in [0.4, 0.5) is 0 Å². The number of rotatable bonds is 16. The molecule has 162 valence electrons. The summed E-state index contributed by atoms with van der Waals surface area (Å²) >= 11 is 0. The first kappa shape index (κ1) is 25.6. The highest BCUT2D eigenvalue weighted by atomic mass is 16.6. The Hall–Kier alpha value is -2.46. The minimum absolute atomic E-state index is 0.175. The van der Waals surface area contributed by atoms with Crippen LogP contribution in [-0.4, -0.2) is 51.3 Å². The molecule has 30 heavy (non-hydrogen) atoms. The predicted octanol–water partition coefficient (Wildman–Crippen LogP) is 3.31. The summed E-state index contributed by atoms with van der Waals surface area (Å²) in [6.45, 7) is 1.05. The first-order chi connectivity index (χ1) is 14.8. The van der Waals surface area contributed by atoms with Crippen LogP contribution in [0.15, 0.2) is 11.6 Å². The van der Waals surface area contributed by atoms with Crippen molar-refractivity contribution in [3.8, 4) is 24.3 Å². The highest BCUT2D eigenvalue weighted by Gasteiger charge is 2.26. The molecule has 0 spiro atoms. The van der Waals surface area contributed by atoms with Gasteiger partial charge in [-0.2, -0.15) is 21.0 Å². The maximum Gasteiger partial charge on any atom is 0.109 e. The van der Waals surface area contributed by atoms with Crippen LogP contribution in [0.3, 0.4) is 0 Å². The first-order valence-corrected chi connectivity index (χ1v) is 10.4. The molecule has 0 aromatic carbocycles. The number of allylic oxidation sites excluding steroid dienone is 1. The smallest absolute Gasteiger partial charge is 0.109 e. The molecule has 1 aliphatic carbocycles. The molecule has 8 heteroatoms. The van der Waals surface area contributed by atoms with E-state index in [4.69, 9.17) is 34.7 Å². The van der Waals surface area contributed by atoms with Crippen molar-refractivity contribution in [2.24, 2.45) is 0 Å². The van der Waals surface area contributed by atoms with Crippen LogP contribution in [0.2, 0.25) is 0 Å². The standard InChI is InChI=1S/C22H30N4O4/c23-10-4-14-27-17-21(28-15-5-11-24)22(29-16-6-12-25)18-30-20(9-13-26)19-7-2-1-3-8-19/h7,20-22H,1-6,8-9,14-18H2. The Kier molecular flexibility index (Phi) is 14.8. The molecule has 0 N–H and O–H groups in total. The van der Waals surface area contributed by atoms with E-state index in [0.29, 0.717) is 0 Å². The molecule has 8 nitrogen and oxygen atoms in total. The van der Waals surface area contributed by atoms with Gasteiger partial charge in [-0.25, -0.2) is 0 Å². The van der Waals surface area contributed by atoms with Gasteiger partial charge in [-0.05, 0) is 31.3 Å². The number of nitrogens with zero attached hydrogens (tertiary/aromatic N) is 4. The number of hydrogen-bond donors (Lipinski definition) is 0. The molecule has 0 saturated heterocycles. The molecule has 3 atom stereocenters. The predicted molar refractivity (Wildman–Crippen MR) is 108 cm³/mol. The lowest BCUT2D eigenvalue weighted by Gasteiger charge is -2.29. The second-order valence-electron chi connectivity index (χ2n) is 6.83. The molecule has 0 aliphatic heterocycles. The van der Waals surface area contributed by atoms with Crippen LogP contribution in [-0.2, 0) is 18.9 Å². The van der Waals surface area contributed by atoms with Gasteiger partial charge >= 0.3 is 0 Å². The van der Waals surface area contributed by atoms with Gasteiger partial charge in [-0.3, -0.25) is 0 Å². The fraction of sp³-hybridized carbons (Fsp3) is 0.727. The van der Waals surface area contributed by atoms with Crippen molar-refractivity contribution in [3.05, 3.63) is 11.6 Å². The summed E-state index contributed by atoms with van der Waals surface area (Å²) in [5, 5.41) is 35.5. The molecule has 0 radical (unpaired) electrons. The molecule has 1 aliphatic rings. The normalized spacial score (nSPS) is 16.2. The Balaban J connectivity index is 2.79. The summed E-state index contributed by atoms with van der Waals surface area (Å²) in [7, 11) is 0. The molecule has 0 heterocycles. The minimum Gasteiger partial charge on any atom is -0.378 e. The van der Waals surface area contributed by atoms with Crippen molar-refractivity contribution in [1.29, 1.82) is 21.0 Å². The van der Waals surface area contributed by atoms with Crippen LogP contribution in [0.5, 0.6) is 0 Å². The lowest BCUT2D eigenvalue weighted by Crippen LogP contribution is -2.41. The summed E-state index contributed by atoms with van der Waals surface area (Å²) in [6.07, 6.45) is 5.95. The first-order valence-electron chi connectivity index (χ1n) is 10.4. The Bertz CT molecular complexity index is 669.